The summed E-state index contributed by atoms with van der Waals surface area (Å²) in [7, 11) is -3.77. The first-order valence-electron chi connectivity index (χ1n) is 8.45. The SMILES string of the molecule is Cc1ccc(S(=O)(=O)c2csc3c2NC(=O)C[C@H]3c2ccc(F)c(Br)c2)cc1. The van der Waals surface area contributed by atoms with Crippen molar-refractivity contribution in [2.24, 2.45) is 0 Å². The molecule has 2 aromatic carbocycles. The molecule has 28 heavy (non-hydrogen) atoms. The first-order valence-corrected chi connectivity index (χ1v) is 11.6. The van der Waals surface area contributed by atoms with E-state index < -0.39 is 15.7 Å². The summed E-state index contributed by atoms with van der Waals surface area (Å²) >= 11 is 4.46. The van der Waals surface area contributed by atoms with Crippen molar-refractivity contribution in [1.82, 2.24) is 0 Å². The Labute approximate surface area is 174 Å². The number of rotatable bonds is 3. The number of fused-ring (bicyclic) bond motifs is 1. The molecule has 4 nitrogen and oxygen atoms in total. The van der Waals surface area contributed by atoms with Crippen LogP contribution >= 0.6 is 27.3 Å². The summed E-state index contributed by atoms with van der Waals surface area (Å²) in [4.78, 5) is 13.4. The number of nitrogens with one attached hydrogen (secondary N) is 1. The molecule has 2 heterocycles. The Balaban J connectivity index is 1.82. The van der Waals surface area contributed by atoms with E-state index in [4.69, 9.17) is 0 Å². The number of aryl methyl sites for hydroxylation is 1. The average molecular weight is 480 g/mol. The van der Waals surface area contributed by atoms with Crippen LogP contribution in [-0.2, 0) is 14.6 Å². The molecule has 1 aliphatic heterocycles. The molecule has 0 spiro atoms. The van der Waals surface area contributed by atoms with Gasteiger partial charge in [-0.2, -0.15) is 0 Å². The first-order chi connectivity index (χ1) is 13.3. The van der Waals surface area contributed by atoms with E-state index in [1.807, 2.05) is 6.92 Å². The zero-order valence-corrected chi connectivity index (χ0v) is 17.9. The van der Waals surface area contributed by atoms with Crippen molar-refractivity contribution in [1.29, 1.82) is 0 Å². The molecule has 1 aromatic heterocycles. The third-order valence-electron chi connectivity index (χ3n) is 4.72. The van der Waals surface area contributed by atoms with Gasteiger partial charge in [-0.25, -0.2) is 12.8 Å². The van der Waals surface area contributed by atoms with E-state index in [1.54, 1.807) is 41.8 Å². The van der Waals surface area contributed by atoms with Gasteiger partial charge in [-0.05, 0) is 52.7 Å². The van der Waals surface area contributed by atoms with Gasteiger partial charge in [0.05, 0.1) is 15.1 Å². The average Bonchev–Trinajstić information content (AvgIpc) is 3.08. The molecule has 0 aliphatic carbocycles. The topological polar surface area (TPSA) is 63.2 Å². The molecule has 1 amide bonds. The third kappa shape index (κ3) is 3.29. The number of sulfone groups is 1. The van der Waals surface area contributed by atoms with Crippen molar-refractivity contribution in [3.63, 3.8) is 0 Å². The number of thiophene rings is 1. The van der Waals surface area contributed by atoms with Crippen LogP contribution in [0.4, 0.5) is 10.1 Å². The van der Waals surface area contributed by atoms with Crippen LogP contribution in [0, 0.1) is 12.7 Å². The number of benzene rings is 2. The summed E-state index contributed by atoms with van der Waals surface area (Å²) in [6.07, 6.45) is 0.176. The Hall–Kier alpha value is -2.03. The molecule has 8 heteroatoms. The van der Waals surface area contributed by atoms with Crippen LogP contribution in [0.2, 0.25) is 0 Å². The van der Waals surface area contributed by atoms with Crippen molar-refractivity contribution in [3.05, 3.63) is 74.1 Å². The van der Waals surface area contributed by atoms with Crippen LogP contribution in [0.25, 0.3) is 0 Å². The number of hydrogen-bond acceptors (Lipinski definition) is 4. The van der Waals surface area contributed by atoms with Gasteiger partial charge in [0.1, 0.15) is 10.7 Å². The van der Waals surface area contributed by atoms with Crippen molar-refractivity contribution in [2.75, 3.05) is 5.32 Å². The summed E-state index contributed by atoms with van der Waals surface area (Å²) in [5.74, 6) is -0.984. The highest BCUT2D eigenvalue weighted by Crippen LogP contribution is 2.46. The van der Waals surface area contributed by atoms with Gasteiger partial charge in [0.15, 0.2) is 0 Å². The summed E-state index contributed by atoms with van der Waals surface area (Å²) in [6.45, 7) is 1.88. The maximum absolute atomic E-state index is 13.6. The molecule has 144 valence electrons. The zero-order chi connectivity index (χ0) is 20.1. The minimum absolute atomic E-state index is 0.0931. The molecular formula is C20H15BrFNO3S2. The van der Waals surface area contributed by atoms with Gasteiger partial charge in [-0.15, -0.1) is 11.3 Å². The van der Waals surface area contributed by atoms with E-state index in [-0.39, 0.29) is 28.0 Å². The predicted octanol–water partition coefficient (Wildman–Crippen LogP) is 5.27. The Kier molecular flexibility index (Phi) is 4.89. The standard InChI is InChI=1S/C20H15BrFNO3S2/c1-11-2-5-13(6-3-11)28(25,26)17-10-27-20-14(9-18(24)23-19(17)20)12-4-7-16(22)15(21)8-12/h2-8,10,14H,9H2,1H3,(H,23,24)/t14-/m0/s1. The quantitative estimate of drug-likeness (QED) is 0.556. The highest BCUT2D eigenvalue weighted by molar-refractivity contribution is 9.10. The predicted molar refractivity (Wildman–Crippen MR) is 110 cm³/mol. The maximum atomic E-state index is 13.6. The number of halogens is 2. The maximum Gasteiger partial charge on any atom is 0.225 e. The Morgan fingerprint density at radius 3 is 2.57 bits per heavy atom. The number of carbonyl (C=O) groups is 1. The van der Waals surface area contributed by atoms with Gasteiger partial charge in [0.2, 0.25) is 15.7 Å². The van der Waals surface area contributed by atoms with E-state index in [0.29, 0.717) is 10.2 Å². The Morgan fingerprint density at radius 2 is 1.89 bits per heavy atom. The summed E-state index contributed by atoms with van der Waals surface area (Å²) in [5.41, 5.74) is 2.04. The second kappa shape index (κ2) is 7.09. The molecule has 1 N–H and O–H groups in total. The van der Waals surface area contributed by atoms with E-state index in [0.717, 1.165) is 16.0 Å². The smallest absolute Gasteiger partial charge is 0.225 e. The molecule has 0 fully saturated rings. The summed E-state index contributed by atoms with van der Waals surface area (Å²) in [5, 5.41) is 4.29. The van der Waals surface area contributed by atoms with Crippen LogP contribution < -0.4 is 5.32 Å². The Morgan fingerprint density at radius 1 is 1.18 bits per heavy atom. The van der Waals surface area contributed by atoms with Crippen LogP contribution in [-0.4, -0.2) is 14.3 Å². The van der Waals surface area contributed by atoms with Gasteiger partial charge in [-0.3, -0.25) is 4.79 Å². The molecule has 0 unspecified atom stereocenters. The van der Waals surface area contributed by atoms with Gasteiger partial charge < -0.3 is 5.32 Å². The summed E-state index contributed by atoms with van der Waals surface area (Å²) < 4.78 is 40.2. The fraction of sp³-hybridized carbons (Fsp3) is 0.150. The molecule has 0 radical (unpaired) electrons. The summed E-state index contributed by atoms with van der Waals surface area (Å²) in [6, 6.07) is 11.2. The number of anilines is 1. The zero-order valence-electron chi connectivity index (χ0n) is 14.7. The van der Waals surface area contributed by atoms with Crippen LogP contribution in [0.15, 0.2) is 62.1 Å². The van der Waals surface area contributed by atoms with Gasteiger partial charge in [0.25, 0.3) is 0 Å². The lowest BCUT2D eigenvalue weighted by Gasteiger charge is -2.24. The monoisotopic (exact) mass is 479 g/mol. The second-order valence-corrected chi connectivity index (χ2v) is 10.3. The minimum Gasteiger partial charge on any atom is -0.324 e. The molecule has 4 rings (SSSR count). The molecule has 1 aliphatic rings. The van der Waals surface area contributed by atoms with Gasteiger partial charge >= 0.3 is 0 Å². The van der Waals surface area contributed by atoms with Crippen LogP contribution in [0.5, 0.6) is 0 Å². The lowest BCUT2D eigenvalue weighted by molar-refractivity contribution is -0.116. The van der Waals surface area contributed by atoms with Crippen LogP contribution in [0.1, 0.15) is 28.3 Å². The molecule has 3 aromatic rings. The second-order valence-electron chi connectivity index (χ2n) is 6.63. The van der Waals surface area contributed by atoms with Crippen molar-refractivity contribution in [3.8, 4) is 0 Å². The fourth-order valence-electron chi connectivity index (χ4n) is 3.24. The third-order valence-corrected chi connectivity index (χ3v) is 8.37. The van der Waals surface area contributed by atoms with Crippen molar-refractivity contribution in [2.45, 2.75) is 29.1 Å². The minimum atomic E-state index is -3.77. The Bertz CT molecular complexity index is 1190. The van der Waals surface area contributed by atoms with E-state index in [2.05, 4.69) is 21.2 Å². The van der Waals surface area contributed by atoms with E-state index in [1.165, 1.54) is 17.4 Å². The normalized spacial score (nSPS) is 16.5. The molecule has 0 saturated heterocycles. The molecule has 0 saturated carbocycles. The van der Waals surface area contributed by atoms with E-state index >= 15 is 0 Å². The first kappa shape index (κ1) is 19.3. The highest BCUT2D eigenvalue weighted by atomic mass is 79.9. The molecule has 0 bridgehead atoms. The van der Waals surface area contributed by atoms with Crippen molar-refractivity contribution < 1.29 is 17.6 Å². The number of carbonyl (C=O) groups excluding carboxylic acids is 1. The molecule has 1 atom stereocenters. The lowest BCUT2D eigenvalue weighted by atomic mass is 9.91. The van der Waals surface area contributed by atoms with Crippen LogP contribution in [0.3, 0.4) is 0 Å². The van der Waals surface area contributed by atoms with Gasteiger partial charge in [-0.1, -0.05) is 23.8 Å². The number of amides is 1. The largest absolute Gasteiger partial charge is 0.324 e. The number of hydrogen-bond donors (Lipinski definition) is 1. The fourth-order valence-corrected chi connectivity index (χ4v) is 6.55. The van der Waals surface area contributed by atoms with Crippen molar-refractivity contribution >= 4 is 48.7 Å². The lowest BCUT2D eigenvalue weighted by Crippen LogP contribution is -2.23. The highest BCUT2D eigenvalue weighted by Gasteiger charge is 2.34. The van der Waals surface area contributed by atoms with E-state index in [9.17, 15) is 17.6 Å². The molecular weight excluding hydrogens is 465 g/mol. The van der Waals surface area contributed by atoms with Gasteiger partial charge in [0, 0.05) is 22.6 Å².